The highest BCUT2D eigenvalue weighted by Gasteiger charge is 2.32. The molecule has 0 aromatic heterocycles. The molecule has 0 saturated carbocycles. The average Bonchev–Trinajstić information content (AvgIpc) is 3.03. The van der Waals surface area contributed by atoms with Gasteiger partial charge in [-0.3, -0.25) is 9.69 Å². The van der Waals surface area contributed by atoms with Crippen molar-refractivity contribution in [2.45, 2.75) is 0 Å². The number of carboxylic acid groups (broad SMARTS) is 1. The Bertz CT molecular complexity index is 1040. The number of carbonyl (C=O) groups is 2. The van der Waals surface area contributed by atoms with E-state index in [1.54, 1.807) is 50.6 Å². The van der Waals surface area contributed by atoms with Crippen LogP contribution in [0.25, 0.3) is 6.08 Å². The zero-order valence-corrected chi connectivity index (χ0v) is 17.3. The number of aliphatic imine (C=N–C) groups is 1. The van der Waals surface area contributed by atoms with E-state index >= 15 is 0 Å². The van der Waals surface area contributed by atoms with Crippen LogP contribution in [-0.2, 0) is 4.79 Å². The summed E-state index contributed by atoms with van der Waals surface area (Å²) >= 11 is 1.23. The second-order valence-electron chi connectivity index (χ2n) is 6.17. The van der Waals surface area contributed by atoms with Crippen LogP contribution in [0.4, 0.5) is 5.69 Å². The van der Waals surface area contributed by atoms with E-state index in [1.165, 1.54) is 28.8 Å². The Labute approximate surface area is 178 Å². The summed E-state index contributed by atoms with van der Waals surface area (Å²) < 4.78 is 10.6. The number of thioether (sulfide) groups is 1. The van der Waals surface area contributed by atoms with Gasteiger partial charge in [-0.2, -0.15) is 0 Å². The van der Waals surface area contributed by atoms with Crippen molar-refractivity contribution in [3.63, 3.8) is 0 Å². The number of ether oxygens (including phenoxy) is 2. The number of hydrogen-bond acceptors (Lipinski definition) is 6. The maximum absolute atomic E-state index is 12.9. The van der Waals surface area contributed by atoms with E-state index < -0.39 is 5.97 Å². The molecule has 1 fully saturated rings. The molecule has 0 bridgehead atoms. The molecule has 0 unspecified atom stereocenters. The van der Waals surface area contributed by atoms with E-state index in [4.69, 9.17) is 14.6 Å². The van der Waals surface area contributed by atoms with Crippen LogP contribution in [0.3, 0.4) is 0 Å². The van der Waals surface area contributed by atoms with Crippen molar-refractivity contribution in [1.82, 2.24) is 4.90 Å². The number of carbonyl (C=O) groups excluding carboxylic acids is 1. The highest BCUT2D eigenvalue weighted by molar-refractivity contribution is 8.18. The first-order chi connectivity index (χ1) is 14.5. The predicted octanol–water partition coefficient (Wildman–Crippen LogP) is 4.19. The average molecular weight is 424 g/mol. The first-order valence-electron chi connectivity index (χ1n) is 8.93. The molecule has 0 spiro atoms. The molecule has 7 nitrogen and oxygen atoms in total. The molecule has 1 N–H and O–H groups in total. The molecule has 1 amide bonds. The first-order valence-corrected chi connectivity index (χ1v) is 9.75. The number of nitrogens with zero attached hydrogens (tertiary/aromatic N) is 2. The third kappa shape index (κ3) is 4.55. The van der Waals surface area contributed by atoms with Gasteiger partial charge in [0, 0.05) is 18.2 Å². The van der Waals surface area contributed by atoms with Crippen molar-refractivity contribution >= 4 is 40.6 Å². The van der Waals surface area contributed by atoms with Crippen molar-refractivity contribution in [2.24, 2.45) is 4.99 Å². The SMILES string of the molecule is C=CCN1C(=O)/C(=C/c2ccc(OC)cc2OC)SC1=Nc1ccc(C(=O)O)cc1. The number of amidine groups is 1. The quantitative estimate of drug-likeness (QED) is 0.530. The van der Waals surface area contributed by atoms with Gasteiger partial charge in [0.05, 0.1) is 30.4 Å². The van der Waals surface area contributed by atoms with Gasteiger partial charge in [-0.05, 0) is 54.2 Å². The van der Waals surface area contributed by atoms with Gasteiger partial charge in [0.2, 0.25) is 0 Å². The lowest BCUT2D eigenvalue weighted by Gasteiger charge is -2.12. The van der Waals surface area contributed by atoms with E-state index in [0.717, 1.165) is 5.56 Å². The molecule has 154 valence electrons. The molecule has 2 aromatic rings. The summed E-state index contributed by atoms with van der Waals surface area (Å²) in [6, 6.07) is 11.5. The highest BCUT2D eigenvalue weighted by atomic mass is 32.2. The molecule has 1 aliphatic heterocycles. The van der Waals surface area contributed by atoms with Crippen LogP contribution in [0.1, 0.15) is 15.9 Å². The fraction of sp³-hybridized carbons (Fsp3) is 0.136. The van der Waals surface area contributed by atoms with E-state index in [9.17, 15) is 9.59 Å². The third-order valence-corrected chi connectivity index (χ3v) is 5.27. The fourth-order valence-electron chi connectivity index (χ4n) is 2.75. The molecule has 1 saturated heterocycles. The van der Waals surface area contributed by atoms with Crippen molar-refractivity contribution < 1.29 is 24.2 Å². The van der Waals surface area contributed by atoms with E-state index in [0.29, 0.717) is 33.8 Å². The Morgan fingerprint density at radius 1 is 1.20 bits per heavy atom. The maximum Gasteiger partial charge on any atom is 0.335 e. The van der Waals surface area contributed by atoms with E-state index in [1.807, 2.05) is 6.07 Å². The van der Waals surface area contributed by atoms with Gasteiger partial charge >= 0.3 is 5.97 Å². The molecular formula is C22H20N2O5S. The first kappa shape index (κ1) is 21.2. The summed E-state index contributed by atoms with van der Waals surface area (Å²) in [6.07, 6.45) is 3.37. The standard InChI is InChI=1S/C22H20N2O5S/c1-4-11-24-20(25)19(12-15-7-10-17(28-2)13-18(15)29-3)30-22(24)23-16-8-5-14(6-9-16)21(26)27/h4-10,12-13H,1,11H2,2-3H3,(H,26,27)/b19-12-,23-22?. The fourth-order valence-corrected chi connectivity index (χ4v) is 3.75. The topological polar surface area (TPSA) is 88.4 Å². The van der Waals surface area contributed by atoms with Gasteiger partial charge in [0.25, 0.3) is 5.91 Å². The largest absolute Gasteiger partial charge is 0.497 e. The molecule has 1 heterocycles. The second kappa shape index (κ2) is 9.32. The van der Waals surface area contributed by atoms with Gasteiger partial charge in [0.15, 0.2) is 5.17 Å². The Morgan fingerprint density at radius 2 is 1.93 bits per heavy atom. The molecule has 2 aromatic carbocycles. The summed E-state index contributed by atoms with van der Waals surface area (Å²) in [5.41, 5.74) is 1.46. The molecular weight excluding hydrogens is 404 g/mol. The minimum Gasteiger partial charge on any atom is -0.497 e. The van der Waals surface area contributed by atoms with E-state index in [2.05, 4.69) is 11.6 Å². The van der Waals surface area contributed by atoms with Gasteiger partial charge in [0.1, 0.15) is 11.5 Å². The van der Waals surface area contributed by atoms with Crippen molar-refractivity contribution in [3.8, 4) is 11.5 Å². The number of amides is 1. The molecule has 30 heavy (non-hydrogen) atoms. The van der Waals surface area contributed by atoms with Crippen molar-refractivity contribution in [3.05, 3.63) is 71.2 Å². The Morgan fingerprint density at radius 3 is 2.53 bits per heavy atom. The van der Waals surface area contributed by atoms with Crippen LogP contribution >= 0.6 is 11.8 Å². The highest BCUT2D eigenvalue weighted by Crippen LogP contribution is 2.36. The van der Waals surface area contributed by atoms with Crippen LogP contribution in [0.15, 0.2) is 65.0 Å². The third-order valence-electron chi connectivity index (χ3n) is 4.27. The van der Waals surface area contributed by atoms with Gasteiger partial charge in [-0.1, -0.05) is 6.08 Å². The number of rotatable bonds is 7. The molecule has 3 rings (SSSR count). The zero-order valence-electron chi connectivity index (χ0n) is 16.5. The Hall–Kier alpha value is -3.52. The lowest BCUT2D eigenvalue weighted by molar-refractivity contribution is -0.121. The molecule has 0 aliphatic carbocycles. The number of aromatic carboxylic acids is 1. The Kier molecular flexibility index (Phi) is 6.58. The second-order valence-corrected chi connectivity index (χ2v) is 7.18. The Balaban J connectivity index is 1.95. The zero-order chi connectivity index (χ0) is 21.7. The molecule has 1 aliphatic rings. The maximum atomic E-state index is 12.9. The van der Waals surface area contributed by atoms with Crippen molar-refractivity contribution in [1.29, 1.82) is 0 Å². The summed E-state index contributed by atoms with van der Waals surface area (Å²) in [4.78, 5) is 30.5. The van der Waals surface area contributed by atoms with Crippen LogP contribution < -0.4 is 9.47 Å². The minimum atomic E-state index is -1.01. The lowest BCUT2D eigenvalue weighted by atomic mass is 10.1. The van der Waals surface area contributed by atoms with Crippen LogP contribution in [-0.4, -0.2) is 47.8 Å². The summed E-state index contributed by atoms with van der Waals surface area (Å²) in [5, 5.41) is 9.52. The number of hydrogen-bond donors (Lipinski definition) is 1. The number of carboxylic acids is 1. The van der Waals surface area contributed by atoms with E-state index in [-0.39, 0.29) is 11.5 Å². The molecule has 0 atom stereocenters. The van der Waals surface area contributed by atoms with Crippen LogP contribution in [0.5, 0.6) is 11.5 Å². The molecule has 0 radical (unpaired) electrons. The predicted molar refractivity (Wildman–Crippen MR) is 118 cm³/mol. The monoisotopic (exact) mass is 424 g/mol. The van der Waals surface area contributed by atoms with Gasteiger partial charge in [-0.25, -0.2) is 9.79 Å². The van der Waals surface area contributed by atoms with Crippen LogP contribution in [0.2, 0.25) is 0 Å². The van der Waals surface area contributed by atoms with Gasteiger partial charge < -0.3 is 14.6 Å². The van der Waals surface area contributed by atoms with Gasteiger partial charge in [-0.15, -0.1) is 6.58 Å². The summed E-state index contributed by atoms with van der Waals surface area (Å²) in [6.45, 7) is 4.01. The smallest absolute Gasteiger partial charge is 0.335 e. The van der Waals surface area contributed by atoms with Crippen LogP contribution in [0, 0.1) is 0 Å². The summed E-state index contributed by atoms with van der Waals surface area (Å²) in [5.74, 6) is 0.0326. The number of benzene rings is 2. The van der Waals surface area contributed by atoms with Crippen molar-refractivity contribution in [2.75, 3.05) is 20.8 Å². The number of methoxy groups -OCH3 is 2. The molecule has 8 heteroatoms. The lowest BCUT2D eigenvalue weighted by Crippen LogP contribution is -2.29. The normalized spacial score (nSPS) is 16.2. The summed E-state index contributed by atoms with van der Waals surface area (Å²) in [7, 11) is 3.13. The minimum absolute atomic E-state index is 0.171.